The lowest BCUT2D eigenvalue weighted by Gasteiger charge is -2.38. The van der Waals surface area contributed by atoms with Crippen molar-refractivity contribution < 1.29 is 71.5 Å². The van der Waals surface area contributed by atoms with E-state index in [1.165, 1.54) is 0 Å². The third-order valence-corrected chi connectivity index (χ3v) is 4.57. The fourth-order valence-electron chi connectivity index (χ4n) is 3.55. The number of rotatable bonds is 11. The minimum absolute atomic E-state index is 0.623. The smallest absolute Gasteiger partial charge is 0.305 e. The van der Waals surface area contributed by atoms with Crippen molar-refractivity contribution in [3.05, 3.63) is 0 Å². The van der Waals surface area contributed by atoms with Crippen LogP contribution in [-0.2, 0) is 71.5 Å². The fourth-order valence-corrected chi connectivity index (χ4v) is 3.55. The number of ether oxygens (including phenoxy) is 8. The van der Waals surface area contributed by atoms with Crippen LogP contribution in [0.1, 0.15) is 48.5 Å². The van der Waals surface area contributed by atoms with Gasteiger partial charge in [0.05, 0.1) is 0 Å². The molecule has 6 unspecified atom stereocenters. The van der Waals surface area contributed by atoms with Gasteiger partial charge in [0, 0.05) is 48.5 Å². The highest BCUT2D eigenvalue weighted by Gasteiger charge is 2.69. The lowest BCUT2D eigenvalue weighted by Crippen LogP contribution is -2.59. The van der Waals surface area contributed by atoms with Crippen LogP contribution in [0, 0.1) is 0 Å². The summed E-state index contributed by atoms with van der Waals surface area (Å²) in [5.74, 6) is -8.92. The normalized spacial score (nSPS) is 24.0. The zero-order chi connectivity index (χ0) is 28.5. The van der Waals surface area contributed by atoms with E-state index >= 15 is 0 Å². The molecular weight excluding hydrogens is 504 g/mol. The van der Waals surface area contributed by atoms with Crippen molar-refractivity contribution in [2.24, 2.45) is 0 Å². The molecule has 0 radical (unpaired) electrons. The van der Waals surface area contributed by atoms with Crippen LogP contribution in [0.3, 0.4) is 0 Å². The van der Waals surface area contributed by atoms with Gasteiger partial charge < -0.3 is 37.9 Å². The summed E-state index contributed by atoms with van der Waals surface area (Å²) in [6.07, 6.45) is -8.43. The Hall–Kier alpha value is -3.75. The molecule has 0 aromatic rings. The number of hydrogen-bond acceptors (Lipinski definition) is 15. The molecule has 15 nitrogen and oxygen atoms in total. The van der Waals surface area contributed by atoms with Gasteiger partial charge in [-0.3, -0.25) is 33.6 Å². The molecule has 1 aliphatic rings. The molecule has 0 spiro atoms. The van der Waals surface area contributed by atoms with Crippen molar-refractivity contribution in [3.63, 3.8) is 0 Å². The molecule has 0 bridgehead atoms. The number of carbonyl (C=O) groups is 7. The Morgan fingerprint density at radius 1 is 0.649 bits per heavy atom. The SMILES string of the molecule is CC(=O)OCC(OC(C)=O)C1OC(OC(C)=O)(C(COC(C)=O)OC(C)=O)C(OC(C)=O)C1OC(C)=O. The van der Waals surface area contributed by atoms with Gasteiger partial charge in [-0.25, -0.2) is 0 Å². The van der Waals surface area contributed by atoms with E-state index in [2.05, 4.69) is 0 Å². The standard InChI is InChI=1S/C22H30O15/c1-10(23)30-8-17(32-12(3)25)19-20(34-14(5)27)21(35-15(6)28)22(37-19,36-16(7)29)18(33-13(4)26)9-31-11(2)24/h17-21H,8-9H2,1-7H3. The zero-order valence-corrected chi connectivity index (χ0v) is 21.4. The summed E-state index contributed by atoms with van der Waals surface area (Å²) in [4.78, 5) is 83.0. The minimum atomic E-state index is -2.59. The molecule has 1 fully saturated rings. The quantitative estimate of drug-likeness (QED) is 0.243. The van der Waals surface area contributed by atoms with E-state index in [0.29, 0.717) is 0 Å². The molecule has 15 heteroatoms. The van der Waals surface area contributed by atoms with E-state index in [1.807, 2.05) is 0 Å². The van der Waals surface area contributed by atoms with Crippen LogP contribution in [0.2, 0.25) is 0 Å². The highest BCUT2D eigenvalue weighted by atomic mass is 16.8. The van der Waals surface area contributed by atoms with Gasteiger partial charge in [-0.05, 0) is 0 Å². The van der Waals surface area contributed by atoms with Crippen LogP contribution in [0.25, 0.3) is 0 Å². The van der Waals surface area contributed by atoms with Crippen LogP contribution in [-0.4, -0.2) is 91.3 Å². The molecule has 0 saturated carbocycles. The number of hydrogen-bond donors (Lipinski definition) is 0. The molecule has 1 aliphatic heterocycles. The Bertz CT molecular complexity index is 912. The molecule has 1 rings (SSSR count). The Labute approximate surface area is 211 Å². The van der Waals surface area contributed by atoms with Gasteiger partial charge in [-0.1, -0.05) is 0 Å². The molecular formula is C22H30O15. The van der Waals surface area contributed by atoms with Gasteiger partial charge in [0.1, 0.15) is 19.3 Å². The van der Waals surface area contributed by atoms with Crippen molar-refractivity contribution >= 4 is 41.8 Å². The predicted octanol–water partition coefficient (Wildman–Crippen LogP) is -0.502. The number of carbonyl (C=O) groups excluding carboxylic acids is 7. The first-order valence-electron chi connectivity index (χ1n) is 10.9. The van der Waals surface area contributed by atoms with Gasteiger partial charge in [-0.15, -0.1) is 0 Å². The topological polar surface area (TPSA) is 193 Å². The van der Waals surface area contributed by atoms with Crippen LogP contribution in [0.5, 0.6) is 0 Å². The van der Waals surface area contributed by atoms with Crippen LogP contribution < -0.4 is 0 Å². The second kappa shape index (κ2) is 13.5. The van der Waals surface area contributed by atoms with Crippen molar-refractivity contribution in [2.75, 3.05) is 13.2 Å². The highest BCUT2D eigenvalue weighted by Crippen LogP contribution is 2.42. The summed E-state index contributed by atoms with van der Waals surface area (Å²) in [7, 11) is 0. The molecule has 208 valence electrons. The van der Waals surface area contributed by atoms with Crippen LogP contribution in [0.4, 0.5) is 0 Å². The largest absolute Gasteiger partial charge is 0.462 e. The maximum Gasteiger partial charge on any atom is 0.305 e. The summed E-state index contributed by atoms with van der Waals surface area (Å²) < 4.78 is 42.3. The summed E-state index contributed by atoms with van der Waals surface area (Å²) >= 11 is 0. The average Bonchev–Trinajstić information content (AvgIpc) is 3.00. The first kappa shape index (κ1) is 31.3. The minimum Gasteiger partial charge on any atom is -0.462 e. The van der Waals surface area contributed by atoms with Crippen molar-refractivity contribution in [1.82, 2.24) is 0 Å². The number of esters is 7. The molecule has 1 heterocycles. The van der Waals surface area contributed by atoms with Gasteiger partial charge in [0.25, 0.3) is 5.79 Å². The van der Waals surface area contributed by atoms with Gasteiger partial charge >= 0.3 is 41.8 Å². The Balaban J connectivity index is 3.84. The lowest BCUT2D eigenvalue weighted by molar-refractivity contribution is -0.301. The molecule has 37 heavy (non-hydrogen) atoms. The monoisotopic (exact) mass is 534 g/mol. The molecule has 0 N–H and O–H groups in total. The van der Waals surface area contributed by atoms with E-state index in [-0.39, 0.29) is 0 Å². The summed E-state index contributed by atoms with van der Waals surface area (Å²) in [6.45, 7) is 5.68. The summed E-state index contributed by atoms with van der Waals surface area (Å²) in [6, 6.07) is 0. The van der Waals surface area contributed by atoms with Crippen molar-refractivity contribution in [3.8, 4) is 0 Å². The van der Waals surface area contributed by atoms with Crippen LogP contribution in [0.15, 0.2) is 0 Å². The van der Waals surface area contributed by atoms with E-state index in [1.54, 1.807) is 0 Å². The molecule has 0 aromatic carbocycles. The van der Waals surface area contributed by atoms with Gasteiger partial charge in [0.15, 0.2) is 12.2 Å². The average molecular weight is 534 g/mol. The van der Waals surface area contributed by atoms with Crippen LogP contribution >= 0.6 is 0 Å². The van der Waals surface area contributed by atoms with Gasteiger partial charge in [0.2, 0.25) is 12.2 Å². The molecule has 0 amide bonds. The van der Waals surface area contributed by atoms with Gasteiger partial charge in [-0.2, -0.15) is 0 Å². The predicted molar refractivity (Wildman–Crippen MR) is 115 cm³/mol. The Morgan fingerprint density at radius 3 is 1.59 bits per heavy atom. The van der Waals surface area contributed by atoms with E-state index in [4.69, 9.17) is 37.9 Å². The van der Waals surface area contributed by atoms with Crippen molar-refractivity contribution in [2.45, 2.75) is 84.8 Å². The molecule has 0 aliphatic carbocycles. The fraction of sp³-hybridized carbons (Fsp3) is 0.682. The lowest BCUT2D eigenvalue weighted by atomic mass is 9.97. The first-order valence-corrected chi connectivity index (χ1v) is 10.9. The van der Waals surface area contributed by atoms with E-state index in [0.717, 1.165) is 48.5 Å². The third kappa shape index (κ3) is 9.33. The van der Waals surface area contributed by atoms with E-state index < -0.39 is 91.3 Å². The zero-order valence-electron chi connectivity index (χ0n) is 21.4. The summed E-state index contributed by atoms with van der Waals surface area (Å²) in [5, 5.41) is 0. The second-order valence-electron chi connectivity index (χ2n) is 7.85. The summed E-state index contributed by atoms with van der Waals surface area (Å²) in [5.41, 5.74) is 0. The molecule has 6 atom stereocenters. The van der Waals surface area contributed by atoms with Crippen molar-refractivity contribution in [1.29, 1.82) is 0 Å². The van der Waals surface area contributed by atoms with E-state index in [9.17, 15) is 33.6 Å². The Kier molecular flexibility index (Phi) is 11.4. The highest BCUT2D eigenvalue weighted by molar-refractivity contribution is 5.70. The molecule has 1 saturated heterocycles. The maximum absolute atomic E-state index is 12.2. The molecule has 0 aromatic heterocycles. The second-order valence-corrected chi connectivity index (χ2v) is 7.85. The third-order valence-electron chi connectivity index (χ3n) is 4.57. The Morgan fingerprint density at radius 2 is 1.16 bits per heavy atom. The maximum atomic E-state index is 12.2. The first-order chi connectivity index (χ1) is 17.1.